The van der Waals surface area contributed by atoms with Gasteiger partial charge in [-0.1, -0.05) is 54.3 Å². The molecule has 1 atom stereocenters. The van der Waals surface area contributed by atoms with Crippen LogP contribution in [0.15, 0.2) is 64.7 Å². The average Bonchev–Trinajstić information content (AvgIpc) is 3.16. The Labute approximate surface area is 160 Å². The lowest BCUT2D eigenvalue weighted by molar-refractivity contribution is 0.415. The van der Waals surface area contributed by atoms with E-state index in [9.17, 15) is 0 Å². The van der Waals surface area contributed by atoms with Gasteiger partial charge >= 0.3 is 0 Å². The van der Waals surface area contributed by atoms with E-state index in [1.54, 1.807) is 25.1 Å². The molecule has 1 aliphatic heterocycles. The minimum atomic E-state index is -0.166. The van der Waals surface area contributed by atoms with Crippen LogP contribution < -0.4 is 10.2 Å². The van der Waals surface area contributed by atoms with Crippen molar-refractivity contribution in [1.82, 2.24) is 10.4 Å². The fourth-order valence-corrected chi connectivity index (χ4v) is 3.66. The SMILES string of the molecule is COc1ccc2[nH]c(=S)c(/C=N/C3NN=C(c4ccccc4)S3)cc2c1. The number of pyridine rings is 1. The molecule has 0 amide bonds. The molecule has 26 heavy (non-hydrogen) atoms. The van der Waals surface area contributed by atoms with E-state index in [4.69, 9.17) is 17.0 Å². The molecule has 1 aromatic heterocycles. The maximum absolute atomic E-state index is 5.45. The zero-order chi connectivity index (χ0) is 17.9. The molecule has 3 aromatic rings. The maximum Gasteiger partial charge on any atom is 0.187 e. The monoisotopic (exact) mass is 380 g/mol. The zero-order valence-corrected chi connectivity index (χ0v) is 15.6. The molecule has 2 aromatic carbocycles. The minimum Gasteiger partial charge on any atom is -0.497 e. The Morgan fingerprint density at radius 1 is 1.19 bits per heavy atom. The lowest BCUT2D eigenvalue weighted by Gasteiger charge is -2.05. The van der Waals surface area contributed by atoms with E-state index in [0.717, 1.165) is 32.8 Å². The minimum absolute atomic E-state index is 0.166. The molecule has 1 aliphatic rings. The number of H-pyrrole nitrogens is 1. The molecule has 0 spiro atoms. The van der Waals surface area contributed by atoms with Gasteiger partial charge in [0.05, 0.1) is 7.11 Å². The van der Waals surface area contributed by atoms with E-state index in [0.29, 0.717) is 4.64 Å². The number of aromatic amines is 1. The number of aliphatic imine (C=N–C) groups is 1. The van der Waals surface area contributed by atoms with Gasteiger partial charge in [-0.25, -0.2) is 0 Å². The van der Waals surface area contributed by atoms with Gasteiger partial charge in [0.2, 0.25) is 0 Å². The van der Waals surface area contributed by atoms with Crippen molar-refractivity contribution in [2.24, 2.45) is 10.1 Å². The van der Waals surface area contributed by atoms with E-state index in [2.05, 4.69) is 20.5 Å². The summed E-state index contributed by atoms with van der Waals surface area (Å²) in [5.41, 5.74) is 5.78. The standard InChI is InChI=1S/C19H16N4OS2/c1-24-15-7-8-16-13(10-15)9-14(17(25)21-16)11-20-19-23-22-18(26-19)12-5-3-2-4-6-12/h2-11,19,23H,1H3,(H,21,25)/b20-11+. The molecule has 130 valence electrons. The van der Waals surface area contributed by atoms with Crippen molar-refractivity contribution in [3.8, 4) is 5.75 Å². The van der Waals surface area contributed by atoms with E-state index >= 15 is 0 Å². The highest BCUT2D eigenvalue weighted by Crippen LogP contribution is 2.24. The number of methoxy groups -OCH3 is 1. The summed E-state index contributed by atoms with van der Waals surface area (Å²) in [5.74, 6) is 0.805. The Balaban J connectivity index is 1.54. The Kier molecular flexibility index (Phi) is 4.73. The zero-order valence-electron chi connectivity index (χ0n) is 14.0. The third kappa shape index (κ3) is 3.49. The average molecular weight is 380 g/mol. The number of hydrogen-bond acceptors (Lipinski definition) is 6. The molecule has 0 radical (unpaired) electrons. The molecule has 2 N–H and O–H groups in total. The molecule has 2 heterocycles. The molecular weight excluding hydrogens is 364 g/mol. The van der Waals surface area contributed by atoms with Gasteiger partial charge in [-0.2, -0.15) is 5.10 Å². The van der Waals surface area contributed by atoms with Crippen molar-refractivity contribution < 1.29 is 4.74 Å². The van der Waals surface area contributed by atoms with Crippen LogP contribution in [-0.2, 0) is 0 Å². The van der Waals surface area contributed by atoms with Crippen LogP contribution >= 0.6 is 24.0 Å². The summed E-state index contributed by atoms with van der Waals surface area (Å²) in [4.78, 5) is 7.81. The molecule has 0 aliphatic carbocycles. The first-order valence-corrected chi connectivity index (χ1v) is 9.31. The summed E-state index contributed by atoms with van der Waals surface area (Å²) < 4.78 is 5.94. The van der Waals surface area contributed by atoms with Crippen molar-refractivity contribution in [2.45, 2.75) is 5.50 Å². The molecule has 7 heteroatoms. The van der Waals surface area contributed by atoms with Crippen LogP contribution in [0.2, 0.25) is 0 Å². The summed E-state index contributed by atoms with van der Waals surface area (Å²) in [5, 5.41) is 6.31. The molecule has 1 unspecified atom stereocenters. The Morgan fingerprint density at radius 3 is 2.85 bits per heavy atom. The van der Waals surface area contributed by atoms with Crippen LogP contribution in [-0.4, -0.2) is 28.8 Å². The second kappa shape index (κ2) is 7.31. The first-order chi connectivity index (χ1) is 12.7. The van der Waals surface area contributed by atoms with Crippen molar-refractivity contribution in [3.05, 3.63) is 70.4 Å². The number of hydrazone groups is 1. The highest BCUT2D eigenvalue weighted by molar-refractivity contribution is 8.15. The van der Waals surface area contributed by atoms with Crippen LogP contribution in [0.3, 0.4) is 0 Å². The molecule has 4 rings (SSSR count). The predicted octanol–water partition coefficient (Wildman–Crippen LogP) is 4.31. The molecule has 0 saturated carbocycles. The highest BCUT2D eigenvalue weighted by Gasteiger charge is 2.18. The fourth-order valence-electron chi connectivity index (χ4n) is 2.62. The van der Waals surface area contributed by atoms with Crippen LogP contribution in [0.25, 0.3) is 10.9 Å². The van der Waals surface area contributed by atoms with Crippen molar-refractivity contribution in [3.63, 3.8) is 0 Å². The maximum atomic E-state index is 5.45. The number of rotatable bonds is 4. The summed E-state index contributed by atoms with van der Waals surface area (Å²) in [6.07, 6.45) is 1.78. The van der Waals surface area contributed by atoms with Gasteiger partial charge in [-0.05, 0) is 24.3 Å². The van der Waals surface area contributed by atoms with Gasteiger partial charge in [-0.15, -0.1) is 0 Å². The molecule has 0 fully saturated rings. The van der Waals surface area contributed by atoms with Crippen LogP contribution in [0.5, 0.6) is 5.75 Å². The van der Waals surface area contributed by atoms with E-state index < -0.39 is 0 Å². The number of nitrogens with one attached hydrogen (secondary N) is 2. The number of nitrogens with zero attached hydrogens (tertiary/aromatic N) is 2. The lowest BCUT2D eigenvalue weighted by atomic mass is 10.1. The van der Waals surface area contributed by atoms with Crippen molar-refractivity contribution in [2.75, 3.05) is 7.11 Å². The van der Waals surface area contributed by atoms with Crippen LogP contribution in [0, 0.1) is 4.64 Å². The number of ether oxygens (including phenoxy) is 1. The Hall–Kier alpha value is -2.64. The van der Waals surface area contributed by atoms with Gasteiger partial charge in [-0.3, -0.25) is 10.4 Å². The van der Waals surface area contributed by atoms with Gasteiger partial charge in [0.15, 0.2) is 5.50 Å². The first kappa shape index (κ1) is 16.8. The van der Waals surface area contributed by atoms with Gasteiger partial charge < -0.3 is 9.72 Å². The second-order valence-electron chi connectivity index (χ2n) is 5.67. The number of hydrogen-bond donors (Lipinski definition) is 2. The lowest BCUT2D eigenvalue weighted by Crippen LogP contribution is -2.12. The van der Waals surface area contributed by atoms with E-state index in [-0.39, 0.29) is 5.50 Å². The largest absolute Gasteiger partial charge is 0.497 e. The fraction of sp³-hybridized carbons (Fsp3) is 0.105. The topological polar surface area (TPSA) is 61.8 Å². The predicted molar refractivity (Wildman–Crippen MR) is 111 cm³/mol. The molecule has 0 saturated heterocycles. The quantitative estimate of drug-likeness (QED) is 0.523. The number of fused-ring (bicyclic) bond motifs is 1. The van der Waals surface area contributed by atoms with Gasteiger partial charge in [0.25, 0.3) is 0 Å². The Morgan fingerprint density at radius 2 is 2.04 bits per heavy atom. The second-order valence-corrected chi connectivity index (χ2v) is 7.14. The van der Waals surface area contributed by atoms with Gasteiger partial charge in [0, 0.05) is 28.2 Å². The van der Waals surface area contributed by atoms with Crippen LogP contribution in [0.4, 0.5) is 0 Å². The van der Waals surface area contributed by atoms with E-state index in [1.807, 2.05) is 54.6 Å². The summed E-state index contributed by atoms with van der Waals surface area (Å²) in [6, 6.07) is 17.9. The normalized spacial score (nSPS) is 16.7. The van der Waals surface area contributed by atoms with Crippen molar-refractivity contribution in [1.29, 1.82) is 0 Å². The summed E-state index contributed by atoms with van der Waals surface area (Å²) >= 11 is 7.02. The molecule has 0 bridgehead atoms. The number of thioether (sulfide) groups is 1. The number of aromatic nitrogens is 1. The molecular formula is C19H16N4OS2. The van der Waals surface area contributed by atoms with Crippen LogP contribution in [0.1, 0.15) is 11.1 Å². The summed E-state index contributed by atoms with van der Waals surface area (Å²) in [6.45, 7) is 0. The molecule has 5 nitrogen and oxygen atoms in total. The smallest absolute Gasteiger partial charge is 0.187 e. The first-order valence-electron chi connectivity index (χ1n) is 8.02. The highest BCUT2D eigenvalue weighted by atomic mass is 32.2. The third-order valence-corrected chi connectivity index (χ3v) is 5.29. The third-order valence-electron chi connectivity index (χ3n) is 3.95. The van der Waals surface area contributed by atoms with Crippen molar-refractivity contribution >= 4 is 46.1 Å². The van der Waals surface area contributed by atoms with Gasteiger partial charge in [0.1, 0.15) is 15.4 Å². The Bertz CT molecular complexity index is 1060. The number of benzene rings is 2. The van der Waals surface area contributed by atoms with E-state index in [1.165, 1.54) is 0 Å². The summed E-state index contributed by atoms with van der Waals surface area (Å²) in [7, 11) is 1.65.